The minimum atomic E-state index is 0.0392. The molecule has 0 aliphatic rings. The van der Waals surface area contributed by atoms with Gasteiger partial charge in [0.25, 0.3) is 5.95 Å². The van der Waals surface area contributed by atoms with Crippen molar-refractivity contribution in [2.45, 2.75) is 26.8 Å². The SMILES string of the molecule is CCNc1nc(NC(C)C(C)CO)nc(-n2cccn2)n1. The van der Waals surface area contributed by atoms with Crippen LogP contribution in [0.1, 0.15) is 20.8 Å². The fourth-order valence-electron chi connectivity index (χ4n) is 1.66. The highest BCUT2D eigenvalue weighted by atomic mass is 16.3. The van der Waals surface area contributed by atoms with Gasteiger partial charge in [-0.15, -0.1) is 0 Å². The summed E-state index contributed by atoms with van der Waals surface area (Å²) >= 11 is 0. The summed E-state index contributed by atoms with van der Waals surface area (Å²) in [6.45, 7) is 6.72. The van der Waals surface area contributed by atoms with Gasteiger partial charge in [0, 0.05) is 31.6 Å². The van der Waals surface area contributed by atoms with Gasteiger partial charge in [0.1, 0.15) is 0 Å². The first-order valence-corrected chi connectivity index (χ1v) is 7.01. The molecule has 114 valence electrons. The highest BCUT2D eigenvalue weighted by Crippen LogP contribution is 2.12. The third kappa shape index (κ3) is 3.88. The van der Waals surface area contributed by atoms with Crippen molar-refractivity contribution in [3.8, 4) is 5.95 Å². The van der Waals surface area contributed by atoms with Gasteiger partial charge in [0.2, 0.25) is 11.9 Å². The molecule has 3 N–H and O–H groups in total. The summed E-state index contributed by atoms with van der Waals surface area (Å²) in [4.78, 5) is 13.0. The molecule has 0 fully saturated rings. The first kappa shape index (κ1) is 15.2. The zero-order chi connectivity index (χ0) is 15.2. The van der Waals surface area contributed by atoms with Gasteiger partial charge in [-0.3, -0.25) is 0 Å². The molecule has 0 aliphatic carbocycles. The van der Waals surface area contributed by atoms with E-state index in [1.54, 1.807) is 23.1 Å². The van der Waals surface area contributed by atoms with Crippen molar-refractivity contribution in [2.75, 3.05) is 23.8 Å². The van der Waals surface area contributed by atoms with Crippen molar-refractivity contribution >= 4 is 11.9 Å². The van der Waals surface area contributed by atoms with Gasteiger partial charge in [-0.05, 0) is 25.8 Å². The summed E-state index contributed by atoms with van der Waals surface area (Å²) in [7, 11) is 0. The Labute approximate surface area is 123 Å². The maximum Gasteiger partial charge on any atom is 0.257 e. The van der Waals surface area contributed by atoms with E-state index in [0.717, 1.165) is 0 Å². The number of nitrogens with one attached hydrogen (secondary N) is 2. The van der Waals surface area contributed by atoms with E-state index >= 15 is 0 Å². The second-order valence-corrected chi connectivity index (χ2v) is 4.86. The molecule has 0 aromatic carbocycles. The highest BCUT2D eigenvalue weighted by Gasteiger charge is 2.14. The molecule has 8 nitrogen and oxygen atoms in total. The number of aliphatic hydroxyl groups is 1. The molecule has 2 heterocycles. The van der Waals surface area contributed by atoms with E-state index in [4.69, 9.17) is 0 Å². The van der Waals surface area contributed by atoms with Crippen molar-refractivity contribution in [1.82, 2.24) is 24.7 Å². The van der Waals surface area contributed by atoms with Gasteiger partial charge in [0.15, 0.2) is 0 Å². The van der Waals surface area contributed by atoms with E-state index < -0.39 is 0 Å². The molecular weight excluding hydrogens is 270 g/mol. The molecule has 2 unspecified atom stereocenters. The summed E-state index contributed by atoms with van der Waals surface area (Å²) in [6, 6.07) is 1.85. The number of aliphatic hydroxyl groups excluding tert-OH is 1. The zero-order valence-corrected chi connectivity index (χ0v) is 12.5. The molecule has 2 aromatic rings. The second kappa shape index (κ2) is 6.98. The van der Waals surface area contributed by atoms with Crippen LogP contribution in [0.5, 0.6) is 0 Å². The molecule has 0 aliphatic heterocycles. The Hall–Kier alpha value is -2.22. The molecule has 2 rings (SSSR count). The number of hydrogen-bond acceptors (Lipinski definition) is 7. The van der Waals surface area contributed by atoms with Crippen molar-refractivity contribution in [3.05, 3.63) is 18.5 Å². The lowest BCUT2D eigenvalue weighted by Gasteiger charge is -2.19. The zero-order valence-electron chi connectivity index (χ0n) is 12.5. The van der Waals surface area contributed by atoms with Crippen LogP contribution in [0.2, 0.25) is 0 Å². The normalized spacial score (nSPS) is 13.7. The lowest BCUT2D eigenvalue weighted by molar-refractivity contribution is 0.226. The van der Waals surface area contributed by atoms with Gasteiger partial charge < -0.3 is 15.7 Å². The van der Waals surface area contributed by atoms with Crippen molar-refractivity contribution in [2.24, 2.45) is 5.92 Å². The summed E-state index contributed by atoms with van der Waals surface area (Å²) in [6.07, 6.45) is 3.44. The van der Waals surface area contributed by atoms with Crippen LogP contribution in [-0.4, -0.2) is 49.0 Å². The maximum atomic E-state index is 9.21. The molecule has 0 saturated carbocycles. The predicted molar refractivity (Wildman–Crippen MR) is 80.4 cm³/mol. The average molecular weight is 291 g/mol. The monoisotopic (exact) mass is 291 g/mol. The van der Waals surface area contributed by atoms with Crippen LogP contribution in [0, 0.1) is 5.92 Å². The van der Waals surface area contributed by atoms with Crippen LogP contribution in [-0.2, 0) is 0 Å². The van der Waals surface area contributed by atoms with Crippen molar-refractivity contribution in [3.63, 3.8) is 0 Å². The topological polar surface area (TPSA) is 101 Å². The smallest absolute Gasteiger partial charge is 0.257 e. The Bertz CT molecular complexity index is 558. The standard InChI is InChI=1S/C13H21N7O/c1-4-14-11-17-12(16-10(3)9(2)8-21)19-13(18-11)20-7-5-6-15-20/h5-7,9-10,21H,4,8H2,1-3H3,(H2,14,16,17,18,19). The van der Waals surface area contributed by atoms with Crippen LogP contribution >= 0.6 is 0 Å². The first-order chi connectivity index (χ1) is 10.1. The van der Waals surface area contributed by atoms with Crippen LogP contribution in [0.15, 0.2) is 18.5 Å². The highest BCUT2D eigenvalue weighted by molar-refractivity contribution is 5.38. The van der Waals surface area contributed by atoms with Crippen LogP contribution < -0.4 is 10.6 Å². The minimum absolute atomic E-state index is 0.0392. The van der Waals surface area contributed by atoms with Gasteiger partial charge in [-0.25, -0.2) is 4.68 Å². The molecule has 0 saturated heterocycles. The Morgan fingerprint density at radius 2 is 2.00 bits per heavy atom. The molecule has 2 atom stereocenters. The fraction of sp³-hybridized carbons (Fsp3) is 0.538. The molecule has 8 heteroatoms. The second-order valence-electron chi connectivity index (χ2n) is 4.86. The van der Waals surface area contributed by atoms with E-state index in [1.165, 1.54) is 0 Å². The molecule has 2 aromatic heterocycles. The Kier molecular flexibility index (Phi) is 5.04. The van der Waals surface area contributed by atoms with Crippen LogP contribution in [0.25, 0.3) is 5.95 Å². The largest absolute Gasteiger partial charge is 0.396 e. The Morgan fingerprint density at radius 1 is 1.24 bits per heavy atom. The van der Waals surface area contributed by atoms with E-state index in [2.05, 4.69) is 30.7 Å². The van der Waals surface area contributed by atoms with Gasteiger partial charge in [-0.1, -0.05) is 6.92 Å². The number of anilines is 2. The molecule has 0 bridgehead atoms. The Morgan fingerprint density at radius 3 is 2.62 bits per heavy atom. The summed E-state index contributed by atoms with van der Waals surface area (Å²) < 4.78 is 1.58. The molecular formula is C13H21N7O. The first-order valence-electron chi connectivity index (χ1n) is 7.01. The number of hydrogen-bond donors (Lipinski definition) is 3. The average Bonchev–Trinajstić information content (AvgIpc) is 3.00. The number of rotatable bonds is 7. The lowest BCUT2D eigenvalue weighted by Crippen LogP contribution is -2.27. The van der Waals surface area contributed by atoms with E-state index in [0.29, 0.717) is 24.4 Å². The Balaban J connectivity index is 2.27. The third-order valence-electron chi connectivity index (χ3n) is 3.17. The van der Waals surface area contributed by atoms with E-state index in [1.807, 2.05) is 20.8 Å². The minimum Gasteiger partial charge on any atom is -0.396 e. The lowest BCUT2D eigenvalue weighted by atomic mass is 10.1. The predicted octanol–water partition coefficient (Wildman–Crippen LogP) is 0.918. The summed E-state index contributed by atoms with van der Waals surface area (Å²) in [5, 5.41) is 19.6. The van der Waals surface area contributed by atoms with Gasteiger partial charge in [-0.2, -0.15) is 20.1 Å². The van der Waals surface area contributed by atoms with Crippen molar-refractivity contribution < 1.29 is 5.11 Å². The number of nitrogens with zero attached hydrogens (tertiary/aromatic N) is 5. The summed E-state index contributed by atoms with van der Waals surface area (Å²) in [5.74, 6) is 1.48. The molecule has 0 spiro atoms. The molecule has 21 heavy (non-hydrogen) atoms. The van der Waals surface area contributed by atoms with Crippen molar-refractivity contribution in [1.29, 1.82) is 0 Å². The van der Waals surface area contributed by atoms with Gasteiger partial charge >= 0.3 is 0 Å². The maximum absolute atomic E-state index is 9.21. The summed E-state index contributed by atoms with van der Waals surface area (Å²) in [5.41, 5.74) is 0. The molecule has 0 radical (unpaired) electrons. The molecule has 0 amide bonds. The third-order valence-corrected chi connectivity index (χ3v) is 3.17. The number of aromatic nitrogens is 5. The quantitative estimate of drug-likeness (QED) is 0.697. The van der Waals surface area contributed by atoms with Crippen LogP contribution in [0.3, 0.4) is 0 Å². The van der Waals surface area contributed by atoms with E-state index in [-0.39, 0.29) is 18.6 Å². The van der Waals surface area contributed by atoms with E-state index in [9.17, 15) is 5.11 Å². The van der Waals surface area contributed by atoms with Gasteiger partial charge in [0.05, 0.1) is 0 Å². The van der Waals surface area contributed by atoms with Crippen LogP contribution in [0.4, 0.5) is 11.9 Å². The fourth-order valence-corrected chi connectivity index (χ4v) is 1.66.